The molecular formula is C27H29N3O3. The minimum Gasteiger partial charge on any atom is -0.494 e. The SMILES string of the molecule is CCOc1ccc(NC(=O)C(=O)N2CCN(C(c3ccccc3)c3ccccc3)CC2)cc1. The molecule has 0 aromatic heterocycles. The largest absolute Gasteiger partial charge is 0.494 e. The maximum atomic E-state index is 12.8. The maximum absolute atomic E-state index is 12.8. The van der Waals surface area contributed by atoms with Gasteiger partial charge < -0.3 is 15.0 Å². The van der Waals surface area contributed by atoms with E-state index in [2.05, 4.69) is 58.7 Å². The van der Waals surface area contributed by atoms with Gasteiger partial charge in [-0.2, -0.15) is 0 Å². The number of hydrogen-bond acceptors (Lipinski definition) is 4. The number of anilines is 1. The first kappa shape index (κ1) is 22.6. The van der Waals surface area contributed by atoms with E-state index in [0.29, 0.717) is 38.5 Å². The van der Waals surface area contributed by atoms with E-state index in [1.165, 1.54) is 11.1 Å². The van der Waals surface area contributed by atoms with Crippen LogP contribution in [-0.2, 0) is 9.59 Å². The molecule has 1 aliphatic heterocycles. The quantitative estimate of drug-likeness (QED) is 0.586. The second kappa shape index (κ2) is 10.8. The van der Waals surface area contributed by atoms with E-state index in [9.17, 15) is 9.59 Å². The molecule has 1 aliphatic rings. The predicted octanol–water partition coefficient (Wildman–Crippen LogP) is 3.96. The highest BCUT2D eigenvalue weighted by Crippen LogP contribution is 2.29. The Morgan fingerprint density at radius 1 is 0.818 bits per heavy atom. The van der Waals surface area contributed by atoms with Gasteiger partial charge in [0.15, 0.2) is 0 Å². The standard InChI is InChI=1S/C27H29N3O3/c1-2-33-24-15-13-23(14-16-24)28-26(31)27(32)30-19-17-29(18-20-30)25(21-9-5-3-6-10-21)22-11-7-4-8-12-22/h3-16,25H,2,17-20H2,1H3,(H,28,31). The van der Waals surface area contributed by atoms with Gasteiger partial charge in [0.05, 0.1) is 12.6 Å². The Morgan fingerprint density at radius 3 is 1.88 bits per heavy atom. The second-order valence-electron chi connectivity index (χ2n) is 7.96. The summed E-state index contributed by atoms with van der Waals surface area (Å²) in [5.41, 5.74) is 3.01. The molecule has 1 heterocycles. The summed E-state index contributed by atoms with van der Waals surface area (Å²) in [7, 11) is 0. The van der Waals surface area contributed by atoms with E-state index in [4.69, 9.17) is 4.74 Å². The summed E-state index contributed by atoms with van der Waals surface area (Å²) < 4.78 is 5.41. The Labute approximate surface area is 194 Å². The summed E-state index contributed by atoms with van der Waals surface area (Å²) in [6, 6.07) is 27.9. The molecule has 0 atom stereocenters. The van der Waals surface area contributed by atoms with Crippen LogP contribution in [0, 0.1) is 0 Å². The molecular weight excluding hydrogens is 414 g/mol. The molecule has 4 rings (SSSR count). The molecule has 1 saturated heterocycles. The van der Waals surface area contributed by atoms with Crippen LogP contribution in [0.2, 0.25) is 0 Å². The number of nitrogens with one attached hydrogen (secondary N) is 1. The molecule has 6 heteroatoms. The Balaban J connectivity index is 1.38. The zero-order chi connectivity index (χ0) is 23.0. The number of carbonyl (C=O) groups excluding carboxylic acids is 2. The zero-order valence-corrected chi connectivity index (χ0v) is 18.8. The first-order chi connectivity index (χ1) is 16.2. The summed E-state index contributed by atoms with van der Waals surface area (Å²) in [6.45, 7) is 4.88. The van der Waals surface area contributed by atoms with E-state index in [0.717, 1.165) is 5.75 Å². The average Bonchev–Trinajstić information content (AvgIpc) is 2.87. The monoisotopic (exact) mass is 443 g/mol. The number of rotatable bonds is 6. The van der Waals surface area contributed by atoms with Gasteiger partial charge in [0.2, 0.25) is 0 Å². The van der Waals surface area contributed by atoms with E-state index >= 15 is 0 Å². The lowest BCUT2D eigenvalue weighted by molar-refractivity contribution is -0.144. The number of amides is 2. The Hall–Kier alpha value is -3.64. The molecule has 33 heavy (non-hydrogen) atoms. The molecule has 0 aliphatic carbocycles. The van der Waals surface area contributed by atoms with E-state index < -0.39 is 11.8 Å². The van der Waals surface area contributed by atoms with Gasteiger partial charge in [0.25, 0.3) is 0 Å². The lowest BCUT2D eigenvalue weighted by Gasteiger charge is -2.39. The third-order valence-electron chi connectivity index (χ3n) is 5.81. The topological polar surface area (TPSA) is 61.9 Å². The van der Waals surface area contributed by atoms with Crippen LogP contribution >= 0.6 is 0 Å². The highest BCUT2D eigenvalue weighted by atomic mass is 16.5. The smallest absolute Gasteiger partial charge is 0.313 e. The first-order valence-electron chi connectivity index (χ1n) is 11.3. The summed E-state index contributed by atoms with van der Waals surface area (Å²) in [4.78, 5) is 29.3. The molecule has 170 valence electrons. The molecule has 1 fully saturated rings. The molecule has 0 spiro atoms. The van der Waals surface area contributed by atoms with Crippen LogP contribution in [0.15, 0.2) is 84.9 Å². The predicted molar refractivity (Wildman–Crippen MR) is 129 cm³/mol. The van der Waals surface area contributed by atoms with Crippen LogP contribution in [0.4, 0.5) is 5.69 Å². The highest BCUT2D eigenvalue weighted by Gasteiger charge is 2.30. The Morgan fingerprint density at radius 2 is 1.36 bits per heavy atom. The van der Waals surface area contributed by atoms with E-state index in [-0.39, 0.29) is 6.04 Å². The van der Waals surface area contributed by atoms with Crippen molar-refractivity contribution < 1.29 is 14.3 Å². The average molecular weight is 444 g/mol. The number of ether oxygens (including phenoxy) is 1. The van der Waals surface area contributed by atoms with Crippen LogP contribution in [0.3, 0.4) is 0 Å². The zero-order valence-electron chi connectivity index (χ0n) is 18.8. The fraction of sp³-hybridized carbons (Fsp3) is 0.259. The van der Waals surface area contributed by atoms with Crippen molar-refractivity contribution >= 4 is 17.5 Å². The lowest BCUT2D eigenvalue weighted by Crippen LogP contribution is -2.52. The fourth-order valence-electron chi connectivity index (χ4n) is 4.20. The maximum Gasteiger partial charge on any atom is 0.313 e. The summed E-state index contributed by atoms with van der Waals surface area (Å²) >= 11 is 0. The van der Waals surface area contributed by atoms with Crippen molar-refractivity contribution in [3.05, 3.63) is 96.1 Å². The number of nitrogens with zero attached hydrogens (tertiary/aromatic N) is 2. The lowest BCUT2D eigenvalue weighted by atomic mass is 9.96. The molecule has 3 aromatic carbocycles. The molecule has 0 radical (unpaired) electrons. The van der Waals surface area contributed by atoms with Crippen LogP contribution in [0.5, 0.6) is 5.75 Å². The van der Waals surface area contributed by atoms with Gasteiger partial charge in [0, 0.05) is 31.9 Å². The normalized spacial score (nSPS) is 14.2. The molecule has 6 nitrogen and oxygen atoms in total. The molecule has 3 aromatic rings. The van der Waals surface area contributed by atoms with E-state index in [1.54, 1.807) is 29.2 Å². The molecule has 1 N–H and O–H groups in total. The van der Waals surface area contributed by atoms with Crippen LogP contribution in [0.25, 0.3) is 0 Å². The van der Waals surface area contributed by atoms with Crippen molar-refractivity contribution in [3.63, 3.8) is 0 Å². The third-order valence-corrected chi connectivity index (χ3v) is 5.81. The van der Waals surface area contributed by atoms with Crippen LogP contribution in [-0.4, -0.2) is 54.4 Å². The second-order valence-corrected chi connectivity index (χ2v) is 7.96. The molecule has 0 bridgehead atoms. The molecule has 0 unspecified atom stereocenters. The van der Waals surface area contributed by atoms with Gasteiger partial charge in [0.1, 0.15) is 5.75 Å². The van der Waals surface area contributed by atoms with Crippen LogP contribution in [0.1, 0.15) is 24.1 Å². The van der Waals surface area contributed by atoms with Crippen molar-refractivity contribution in [2.24, 2.45) is 0 Å². The van der Waals surface area contributed by atoms with Gasteiger partial charge in [-0.05, 0) is 42.3 Å². The van der Waals surface area contributed by atoms with Gasteiger partial charge in [-0.3, -0.25) is 14.5 Å². The van der Waals surface area contributed by atoms with E-state index in [1.807, 2.05) is 19.1 Å². The van der Waals surface area contributed by atoms with Gasteiger partial charge in [-0.1, -0.05) is 60.7 Å². The van der Waals surface area contributed by atoms with Gasteiger partial charge >= 0.3 is 11.8 Å². The minimum absolute atomic E-state index is 0.113. The van der Waals surface area contributed by atoms with Crippen molar-refractivity contribution in [2.45, 2.75) is 13.0 Å². The number of carbonyl (C=O) groups is 2. The Bertz CT molecular complexity index is 1010. The third kappa shape index (κ3) is 5.59. The van der Waals surface area contributed by atoms with Gasteiger partial charge in [-0.15, -0.1) is 0 Å². The van der Waals surface area contributed by atoms with Crippen molar-refractivity contribution in [1.29, 1.82) is 0 Å². The summed E-state index contributed by atoms with van der Waals surface area (Å²) in [5.74, 6) is -0.390. The minimum atomic E-state index is -0.615. The van der Waals surface area contributed by atoms with Crippen molar-refractivity contribution in [1.82, 2.24) is 9.80 Å². The number of hydrogen-bond donors (Lipinski definition) is 1. The number of piperazine rings is 1. The van der Waals surface area contributed by atoms with Crippen LogP contribution < -0.4 is 10.1 Å². The summed E-state index contributed by atoms with van der Waals surface area (Å²) in [5, 5.41) is 2.69. The van der Waals surface area contributed by atoms with Crippen molar-refractivity contribution in [2.75, 3.05) is 38.1 Å². The summed E-state index contributed by atoms with van der Waals surface area (Å²) in [6.07, 6.45) is 0. The Kier molecular flexibility index (Phi) is 7.37. The van der Waals surface area contributed by atoms with Gasteiger partial charge in [-0.25, -0.2) is 0 Å². The fourth-order valence-corrected chi connectivity index (χ4v) is 4.20. The first-order valence-corrected chi connectivity index (χ1v) is 11.3. The highest BCUT2D eigenvalue weighted by molar-refractivity contribution is 6.39. The van der Waals surface area contributed by atoms with Crippen molar-refractivity contribution in [3.8, 4) is 5.75 Å². The molecule has 0 saturated carbocycles. The molecule has 2 amide bonds. The number of benzene rings is 3.